The van der Waals surface area contributed by atoms with Gasteiger partial charge in [0.1, 0.15) is 13.3 Å². The molecule has 0 heterocycles. The molecule has 0 saturated heterocycles. The van der Waals surface area contributed by atoms with E-state index in [-0.39, 0.29) is 0 Å². The fourth-order valence-electron chi connectivity index (χ4n) is 0.550. The molecule has 92 valence electrons. The molecule has 9 heteroatoms. The molecule has 0 fully saturated rings. The summed E-state index contributed by atoms with van der Waals surface area (Å²) in [6.45, 7) is -4.52. The van der Waals surface area contributed by atoms with Gasteiger partial charge in [-0.15, -0.1) is 0 Å². The van der Waals surface area contributed by atoms with Gasteiger partial charge in [0.05, 0.1) is 0 Å². The predicted octanol–water partition coefficient (Wildman–Crippen LogP) is 2.80. The molecule has 15 heavy (non-hydrogen) atoms. The van der Waals surface area contributed by atoms with Gasteiger partial charge in [0.25, 0.3) is 0 Å². The Bertz CT molecular complexity index is 196. The van der Waals surface area contributed by atoms with Crippen molar-refractivity contribution in [3.63, 3.8) is 0 Å². The quantitative estimate of drug-likeness (QED) is 0.655. The number of rotatable bonds is 6. The SMILES string of the molecule is FCC(F)OC(F)(F)C(F)(F)C(F)CF. The van der Waals surface area contributed by atoms with Crippen molar-refractivity contribution in [1.29, 1.82) is 0 Å². The Morgan fingerprint density at radius 2 is 1.40 bits per heavy atom. The first-order valence-electron chi connectivity index (χ1n) is 3.52. The van der Waals surface area contributed by atoms with Gasteiger partial charge in [0.15, 0.2) is 0 Å². The van der Waals surface area contributed by atoms with E-state index in [0.29, 0.717) is 0 Å². The molecule has 2 unspecified atom stereocenters. The molecule has 0 aromatic heterocycles. The van der Waals surface area contributed by atoms with Crippen molar-refractivity contribution in [2.75, 3.05) is 13.3 Å². The monoisotopic (exact) mass is 246 g/mol. The lowest BCUT2D eigenvalue weighted by Crippen LogP contribution is -2.51. The van der Waals surface area contributed by atoms with Crippen LogP contribution in [-0.4, -0.2) is 37.9 Å². The van der Waals surface area contributed by atoms with Gasteiger partial charge in [-0.25, -0.2) is 17.6 Å². The van der Waals surface area contributed by atoms with Gasteiger partial charge in [-0.3, -0.25) is 4.74 Å². The van der Waals surface area contributed by atoms with Crippen LogP contribution in [0.25, 0.3) is 0 Å². The van der Waals surface area contributed by atoms with E-state index >= 15 is 0 Å². The number of hydrogen-bond acceptors (Lipinski definition) is 1. The van der Waals surface area contributed by atoms with Crippen molar-refractivity contribution in [1.82, 2.24) is 0 Å². The van der Waals surface area contributed by atoms with Gasteiger partial charge < -0.3 is 0 Å². The maximum Gasteiger partial charge on any atom is 0.425 e. The van der Waals surface area contributed by atoms with Crippen LogP contribution in [-0.2, 0) is 4.74 Å². The van der Waals surface area contributed by atoms with Crippen molar-refractivity contribution < 1.29 is 39.9 Å². The van der Waals surface area contributed by atoms with Crippen molar-refractivity contribution in [2.45, 2.75) is 24.6 Å². The second kappa shape index (κ2) is 4.95. The Morgan fingerprint density at radius 3 is 1.73 bits per heavy atom. The summed E-state index contributed by atoms with van der Waals surface area (Å²) in [7, 11) is 0. The van der Waals surface area contributed by atoms with Crippen LogP contribution in [0.15, 0.2) is 0 Å². The molecule has 0 rings (SSSR count). The number of halogens is 8. The van der Waals surface area contributed by atoms with Crippen LogP contribution in [0.4, 0.5) is 35.1 Å². The predicted molar refractivity (Wildman–Crippen MR) is 32.7 cm³/mol. The van der Waals surface area contributed by atoms with E-state index in [2.05, 4.69) is 4.74 Å². The minimum atomic E-state index is -5.62. The first-order chi connectivity index (χ1) is 6.69. The van der Waals surface area contributed by atoms with Crippen LogP contribution in [0.3, 0.4) is 0 Å². The lowest BCUT2D eigenvalue weighted by molar-refractivity contribution is -0.388. The van der Waals surface area contributed by atoms with E-state index in [1.54, 1.807) is 0 Å². The maximum absolute atomic E-state index is 12.3. The largest absolute Gasteiger partial charge is 0.425 e. The summed E-state index contributed by atoms with van der Waals surface area (Å²) in [5.74, 6) is -5.57. The number of ether oxygens (including phenoxy) is 1. The summed E-state index contributed by atoms with van der Waals surface area (Å²) < 4.78 is 98.6. The van der Waals surface area contributed by atoms with E-state index < -0.39 is 37.9 Å². The Kier molecular flexibility index (Phi) is 4.75. The molecule has 0 aromatic rings. The Labute approximate surface area is 79.0 Å². The van der Waals surface area contributed by atoms with Crippen LogP contribution in [0.5, 0.6) is 0 Å². The standard InChI is InChI=1S/C6H6F8O/c7-1-3(9)5(11,12)6(13,14)15-4(10)2-8/h3-4H,1-2H2. The van der Waals surface area contributed by atoms with Gasteiger partial charge in [-0.1, -0.05) is 0 Å². The molecule has 0 amide bonds. The van der Waals surface area contributed by atoms with E-state index in [0.717, 1.165) is 0 Å². The van der Waals surface area contributed by atoms with E-state index in [1.807, 2.05) is 0 Å². The Hall–Kier alpha value is -0.600. The highest BCUT2D eigenvalue weighted by Gasteiger charge is 2.64. The number of hydrogen-bond donors (Lipinski definition) is 0. The maximum atomic E-state index is 12.3. The lowest BCUT2D eigenvalue weighted by atomic mass is 10.2. The average Bonchev–Trinajstić information content (AvgIpc) is 2.15. The third-order valence-electron chi connectivity index (χ3n) is 1.31. The van der Waals surface area contributed by atoms with Crippen molar-refractivity contribution >= 4 is 0 Å². The van der Waals surface area contributed by atoms with Crippen molar-refractivity contribution in [3.05, 3.63) is 0 Å². The highest BCUT2D eigenvalue weighted by Crippen LogP contribution is 2.40. The molecule has 0 aliphatic carbocycles. The summed E-state index contributed by atoms with van der Waals surface area (Å²) in [6, 6.07) is 0. The van der Waals surface area contributed by atoms with Gasteiger partial charge in [0.2, 0.25) is 12.5 Å². The first kappa shape index (κ1) is 14.4. The lowest BCUT2D eigenvalue weighted by Gasteiger charge is -2.27. The van der Waals surface area contributed by atoms with Crippen LogP contribution < -0.4 is 0 Å². The summed E-state index contributed by atoms with van der Waals surface area (Å²) >= 11 is 0. The van der Waals surface area contributed by atoms with Gasteiger partial charge in [0, 0.05) is 0 Å². The minimum Gasteiger partial charge on any atom is -0.278 e. The zero-order valence-electron chi connectivity index (χ0n) is 7.00. The molecule has 2 atom stereocenters. The average molecular weight is 246 g/mol. The fourth-order valence-corrected chi connectivity index (χ4v) is 0.550. The molecule has 0 aromatic carbocycles. The van der Waals surface area contributed by atoms with E-state index in [9.17, 15) is 35.1 Å². The number of alkyl halides is 8. The zero-order chi connectivity index (χ0) is 12.3. The second-order valence-corrected chi connectivity index (χ2v) is 2.44. The zero-order valence-corrected chi connectivity index (χ0v) is 7.00. The van der Waals surface area contributed by atoms with Crippen LogP contribution in [0, 0.1) is 0 Å². The molecule has 0 bridgehead atoms. The van der Waals surface area contributed by atoms with Crippen LogP contribution in [0.1, 0.15) is 0 Å². The molecule has 0 saturated carbocycles. The minimum absolute atomic E-state index is 2.11. The molecule has 0 spiro atoms. The van der Waals surface area contributed by atoms with Gasteiger partial charge >= 0.3 is 12.0 Å². The third kappa shape index (κ3) is 3.18. The molecular weight excluding hydrogens is 240 g/mol. The van der Waals surface area contributed by atoms with Crippen LogP contribution >= 0.6 is 0 Å². The topological polar surface area (TPSA) is 9.23 Å². The highest BCUT2D eigenvalue weighted by atomic mass is 19.3. The summed E-state index contributed by atoms with van der Waals surface area (Å²) in [5, 5.41) is 0. The fraction of sp³-hybridized carbons (Fsp3) is 1.00. The molecule has 0 aliphatic rings. The summed E-state index contributed by atoms with van der Waals surface area (Å²) in [4.78, 5) is 0. The second-order valence-electron chi connectivity index (χ2n) is 2.44. The van der Waals surface area contributed by atoms with Crippen LogP contribution in [0.2, 0.25) is 0 Å². The normalized spacial score (nSPS) is 17.6. The molecule has 0 N–H and O–H groups in total. The molecule has 0 radical (unpaired) electrons. The first-order valence-corrected chi connectivity index (χ1v) is 3.52. The van der Waals surface area contributed by atoms with Crippen molar-refractivity contribution in [2.24, 2.45) is 0 Å². The smallest absolute Gasteiger partial charge is 0.278 e. The summed E-state index contributed by atoms with van der Waals surface area (Å²) in [6.07, 6.45) is -12.8. The Morgan fingerprint density at radius 1 is 0.933 bits per heavy atom. The molecule has 0 aliphatic heterocycles. The summed E-state index contributed by atoms with van der Waals surface area (Å²) in [5.41, 5.74) is 0. The van der Waals surface area contributed by atoms with Gasteiger partial charge in [-0.05, 0) is 0 Å². The Balaban J connectivity index is 4.68. The third-order valence-corrected chi connectivity index (χ3v) is 1.31. The molecular formula is C6H6F8O. The van der Waals surface area contributed by atoms with Gasteiger partial charge in [-0.2, -0.15) is 17.6 Å². The molecule has 1 nitrogen and oxygen atoms in total. The van der Waals surface area contributed by atoms with E-state index in [4.69, 9.17) is 0 Å². The van der Waals surface area contributed by atoms with Crippen molar-refractivity contribution in [3.8, 4) is 0 Å². The highest BCUT2D eigenvalue weighted by molar-refractivity contribution is 4.85. The van der Waals surface area contributed by atoms with E-state index in [1.165, 1.54) is 0 Å².